The van der Waals surface area contributed by atoms with Crippen molar-refractivity contribution in [2.24, 2.45) is 0 Å². The summed E-state index contributed by atoms with van der Waals surface area (Å²) in [6.07, 6.45) is 2.36. The molecule has 0 unspecified atom stereocenters. The minimum absolute atomic E-state index is 0.288. The van der Waals surface area contributed by atoms with Gasteiger partial charge in [0.2, 0.25) is 5.50 Å². The second-order valence-corrected chi connectivity index (χ2v) is 5.01. The molecule has 0 radical (unpaired) electrons. The molecular formula is C9H13N2O6P. The molecule has 0 aliphatic heterocycles. The van der Waals surface area contributed by atoms with Crippen LogP contribution in [-0.4, -0.2) is 19.3 Å². The van der Waals surface area contributed by atoms with Gasteiger partial charge < -0.3 is 14.5 Å². The minimum atomic E-state index is -4.50. The normalized spacial score (nSPS) is 12.6. The lowest BCUT2D eigenvalue weighted by molar-refractivity contribution is 0.146. The Morgan fingerprint density at radius 3 is 2.67 bits per heavy atom. The second-order valence-electron chi connectivity index (χ2n) is 3.49. The third-order valence-electron chi connectivity index (χ3n) is 2.07. The van der Waals surface area contributed by atoms with E-state index in [0.29, 0.717) is 0 Å². The van der Waals surface area contributed by atoms with Crippen molar-refractivity contribution in [3.05, 3.63) is 44.2 Å². The Balaban J connectivity index is 2.95. The van der Waals surface area contributed by atoms with E-state index in [9.17, 15) is 14.2 Å². The van der Waals surface area contributed by atoms with E-state index < -0.39 is 31.1 Å². The Morgan fingerprint density at radius 2 is 2.17 bits per heavy atom. The quantitative estimate of drug-likeness (QED) is 0.519. The molecule has 0 aromatic carbocycles. The van der Waals surface area contributed by atoms with Crippen LogP contribution in [0.2, 0.25) is 0 Å². The van der Waals surface area contributed by atoms with E-state index in [1.165, 1.54) is 20.0 Å². The predicted octanol–water partition coefficient (Wildman–Crippen LogP) is -0.142. The van der Waals surface area contributed by atoms with Crippen LogP contribution in [-0.2, 0) is 16.0 Å². The SMILES string of the molecule is C/C=C(\OCn1cc(C)c(=O)[nH]c1=O)P(=O)(O)O. The summed E-state index contributed by atoms with van der Waals surface area (Å²) in [6, 6.07) is 0. The summed E-state index contributed by atoms with van der Waals surface area (Å²) in [5.74, 6) is 0. The number of aromatic amines is 1. The summed E-state index contributed by atoms with van der Waals surface area (Å²) in [6.45, 7) is 2.49. The summed E-state index contributed by atoms with van der Waals surface area (Å²) in [7, 11) is -4.50. The smallest absolute Gasteiger partial charge is 0.390 e. The van der Waals surface area contributed by atoms with Crippen molar-refractivity contribution in [1.82, 2.24) is 9.55 Å². The Morgan fingerprint density at radius 1 is 1.56 bits per heavy atom. The number of allylic oxidation sites excluding steroid dienone is 1. The number of aromatic nitrogens is 2. The van der Waals surface area contributed by atoms with E-state index in [4.69, 9.17) is 14.5 Å². The van der Waals surface area contributed by atoms with Gasteiger partial charge in [0.25, 0.3) is 5.56 Å². The maximum atomic E-state index is 11.4. The Kier molecular flexibility index (Phi) is 4.28. The molecule has 1 rings (SSSR count). The van der Waals surface area contributed by atoms with Crippen LogP contribution in [0.25, 0.3) is 0 Å². The molecule has 8 nitrogen and oxygen atoms in total. The van der Waals surface area contributed by atoms with Crippen molar-refractivity contribution in [2.75, 3.05) is 0 Å². The molecule has 0 aliphatic carbocycles. The number of H-pyrrole nitrogens is 1. The molecule has 0 fully saturated rings. The van der Waals surface area contributed by atoms with Gasteiger partial charge in [-0.1, -0.05) is 0 Å². The van der Waals surface area contributed by atoms with E-state index in [0.717, 1.165) is 10.6 Å². The maximum Gasteiger partial charge on any atom is 0.390 e. The monoisotopic (exact) mass is 276 g/mol. The third-order valence-corrected chi connectivity index (χ3v) is 3.04. The highest BCUT2D eigenvalue weighted by Crippen LogP contribution is 2.45. The van der Waals surface area contributed by atoms with Crippen LogP contribution >= 0.6 is 7.60 Å². The molecule has 0 saturated carbocycles. The number of hydrogen-bond acceptors (Lipinski definition) is 4. The highest BCUT2D eigenvalue weighted by molar-refractivity contribution is 7.56. The van der Waals surface area contributed by atoms with E-state index in [1.54, 1.807) is 0 Å². The van der Waals surface area contributed by atoms with Gasteiger partial charge in [0, 0.05) is 11.8 Å². The van der Waals surface area contributed by atoms with Crippen LogP contribution in [0.1, 0.15) is 12.5 Å². The molecule has 0 aliphatic rings. The van der Waals surface area contributed by atoms with Gasteiger partial charge in [-0.2, -0.15) is 0 Å². The average molecular weight is 276 g/mol. The highest BCUT2D eigenvalue weighted by Gasteiger charge is 2.21. The predicted molar refractivity (Wildman–Crippen MR) is 62.9 cm³/mol. The summed E-state index contributed by atoms with van der Waals surface area (Å²) in [5.41, 5.74) is -1.47. The van der Waals surface area contributed by atoms with Crippen LogP contribution in [0, 0.1) is 6.92 Å². The second kappa shape index (κ2) is 5.34. The zero-order chi connectivity index (χ0) is 13.9. The van der Waals surface area contributed by atoms with E-state index in [-0.39, 0.29) is 5.56 Å². The van der Waals surface area contributed by atoms with Gasteiger partial charge >= 0.3 is 13.3 Å². The Labute approximate surface area is 102 Å². The van der Waals surface area contributed by atoms with Crippen molar-refractivity contribution in [3.8, 4) is 0 Å². The lowest BCUT2D eigenvalue weighted by Crippen LogP contribution is -2.31. The molecule has 0 spiro atoms. The standard InChI is InChI=1S/C9H13N2O6P/c1-3-7(18(14,15)16)17-5-11-4-6(2)8(12)10-9(11)13/h3-4H,5H2,1-2H3,(H,10,12,13)(H2,14,15,16)/b7-3+. The van der Waals surface area contributed by atoms with Gasteiger partial charge in [-0.25, -0.2) is 4.79 Å². The molecule has 3 N–H and O–H groups in total. The summed E-state index contributed by atoms with van der Waals surface area (Å²) < 4.78 is 16.8. The van der Waals surface area contributed by atoms with Gasteiger partial charge in [-0.3, -0.25) is 18.9 Å². The van der Waals surface area contributed by atoms with E-state index in [1.807, 2.05) is 4.98 Å². The zero-order valence-electron chi connectivity index (χ0n) is 9.78. The molecule has 0 atom stereocenters. The molecule has 0 bridgehead atoms. The molecule has 18 heavy (non-hydrogen) atoms. The maximum absolute atomic E-state index is 11.4. The van der Waals surface area contributed by atoms with Gasteiger partial charge in [0.05, 0.1) is 0 Å². The summed E-state index contributed by atoms with van der Waals surface area (Å²) >= 11 is 0. The average Bonchev–Trinajstić information content (AvgIpc) is 2.24. The van der Waals surface area contributed by atoms with Crippen LogP contribution in [0.4, 0.5) is 0 Å². The largest absolute Gasteiger partial charge is 0.464 e. The van der Waals surface area contributed by atoms with Crippen LogP contribution in [0.15, 0.2) is 27.4 Å². The first kappa shape index (κ1) is 14.4. The van der Waals surface area contributed by atoms with E-state index >= 15 is 0 Å². The van der Waals surface area contributed by atoms with Gasteiger partial charge in [0.15, 0.2) is 6.73 Å². The Bertz CT molecular complexity index is 623. The topological polar surface area (TPSA) is 122 Å². The third kappa shape index (κ3) is 3.43. The highest BCUT2D eigenvalue weighted by atomic mass is 31.2. The van der Waals surface area contributed by atoms with Crippen molar-refractivity contribution in [2.45, 2.75) is 20.6 Å². The fourth-order valence-electron chi connectivity index (χ4n) is 1.19. The minimum Gasteiger partial charge on any atom is -0.464 e. The molecule has 1 aromatic heterocycles. The van der Waals surface area contributed by atoms with Crippen molar-refractivity contribution >= 4 is 7.60 Å². The van der Waals surface area contributed by atoms with Crippen LogP contribution < -0.4 is 11.2 Å². The molecule has 0 saturated heterocycles. The first-order chi connectivity index (χ1) is 8.25. The number of rotatable bonds is 4. The molecule has 9 heteroatoms. The molecule has 0 amide bonds. The van der Waals surface area contributed by atoms with Crippen molar-refractivity contribution in [3.63, 3.8) is 0 Å². The molecule has 1 heterocycles. The van der Waals surface area contributed by atoms with Crippen molar-refractivity contribution in [1.29, 1.82) is 0 Å². The van der Waals surface area contributed by atoms with Gasteiger partial charge in [-0.15, -0.1) is 0 Å². The Hall–Kier alpha value is -1.63. The first-order valence-electron chi connectivity index (χ1n) is 4.91. The number of aryl methyl sites for hydroxylation is 1. The van der Waals surface area contributed by atoms with Crippen molar-refractivity contribution < 1.29 is 19.1 Å². The number of ether oxygens (including phenoxy) is 1. The number of hydrogen-bond donors (Lipinski definition) is 3. The molecular weight excluding hydrogens is 263 g/mol. The number of nitrogens with zero attached hydrogens (tertiary/aromatic N) is 1. The zero-order valence-corrected chi connectivity index (χ0v) is 10.7. The summed E-state index contributed by atoms with van der Waals surface area (Å²) in [5, 5.41) is 0. The summed E-state index contributed by atoms with van der Waals surface area (Å²) in [4.78, 5) is 42.3. The van der Waals surface area contributed by atoms with Crippen LogP contribution in [0.5, 0.6) is 0 Å². The van der Waals surface area contributed by atoms with Gasteiger partial charge in [-0.05, 0) is 19.9 Å². The lowest BCUT2D eigenvalue weighted by atomic mass is 10.4. The molecule has 1 aromatic rings. The fraction of sp³-hybridized carbons (Fsp3) is 0.333. The molecule has 100 valence electrons. The fourth-order valence-corrected chi connectivity index (χ4v) is 1.75. The number of nitrogens with one attached hydrogen (secondary N) is 1. The van der Waals surface area contributed by atoms with E-state index in [2.05, 4.69) is 0 Å². The lowest BCUT2D eigenvalue weighted by Gasteiger charge is -2.12. The van der Waals surface area contributed by atoms with Crippen LogP contribution in [0.3, 0.4) is 0 Å². The van der Waals surface area contributed by atoms with Gasteiger partial charge in [0.1, 0.15) is 0 Å². The first-order valence-corrected chi connectivity index (χ1v) is 6.52.